The van der Waals surface area contributed by atoms with Crippen LogP contribution in [0.5, 0.6) is 0 Å². The lowest BCUT2D eigenvalue weighted by atomic mass is 9.87. The summed E-state index contributed by atoms with van der Waals surface area (Å²) >= 11 is 6.49. The Bertz CT molecular complexity index is 1630. The van der Waals surface area contributed by atoms with Gasteiger partial charge in [-0.3, -0.25) is 14.5 Å². The molecule has 2 heterocycles. The minimum Gasteiger partial charge on any atom is -0.351 e. The molecule has 1 N–H and O–H groups in total. The molecule has 1 aliphatic carbocycles. The van der Waals surface area contributed by atoms with Crippen molar-refractivity contribution in [2.45, 2.75) is 43.8 Å². The molecule has 0 radical (unpaired) electrons. The number of pyridine rings is 1. The molecule has 1 saturated carbocycles. The molecule has 222 valence electrons. The molecule has 1 unspecified atom stereocenters. The number of likely N-dealkylation sites (N-methyl/N-ethyl adjacent to an activating group) is 1. The number of hydrogen-bond donors (Lipinski definition) is 1. The normalized spacial score (nSPS) is 20.5. The van der Waals surface area contributed by atoms with E-state index < -0.39 is 64.7 Å². The van der Waals surface area contributed by atoms with Gasteiger partial charge in [-0.25, -0.2) is 22.5 Å². The number of alkyl halides is 2. The molecule has 1 saturated heterocycles. The molecule has 5 rings (SSSR count). The Morgan fingerprint density at radius 1 is 1.12 bits per heavy atom. The second kappa shape index (κ2) is 11.2. The fourth-order valence-corrected chi connectivity index (χ4v) is 6.83. The van der Waals surface area contributed by atoms with Gasteiger partial charge in [-0.05, 0) is 48.9 Å². The first-order valence-corrected chi connectivity index (χ1v) is 14.8. The Balaban J connectivity index is 1.65. The van der Waals surface area contributed by atoms with Gasteiger partial charge in [0.2, 0.25) is 5.91 Å². The van der Waals surface area contributed by atoms with E-state index >= 15 is 0 Å². The number of nitrogens with one attached hydrogen (secondary N) is 1. The standard InChI is InChI=1S/C28H27ClF3N5O4S/c1-17-10-11-33-24(12-17)37-23(16-35(2)42(37,40)41)27(39)36(20-7-5-6-18(30)13-20)25(21-8-3-4-9-22(21)29)26(38)34-19-14-28(31,32)15-19/h3-13,19,23,25H,14-16H2,1-2H3,(H,34,38)/t23-,25?/m0/s1. The molecule has 2 fully saturated rings. The van der Waals surface area contributed by atoms with Crippen LogP contribution in [0.2, 0.25) is 5.02 Å². The average molecular weight is 622 g/mol. The van der Waals surface area contributed by atoms with E-state index in [0.29, 0.717) is 5.56 Å². The number of rotatable bonds is 7. The third-order valence-electron chi connectivity index (χ3n) is 7.23. The number of nitrogens with zero attached hydrogens (tertiary/aromatic N) is 4. The van der Waals surface area contributed by atoms with E-state index in [0.717, 1.165) is 25.6 Å². The van der Waals surface area contributed by atoms with Gasteiger partial charge in [0.1, 0.15) is 23.7 Å². The van der Waals surface area contributed by atoms with Crippen LogP contribution in [0.15, 0.2) is 66.9 Å². The molecule has 0 spiro atoms. The number of anilines is 2. The second-order valence-electron chi connectivity index (χ2n) is 10.4. The highest BCUT2D eigenvalue weighted by Crippen LogP contribution is 2.40. The summed E-state index contributed by atoms with van der Waals surface area (Å²) in [7, 11) is -2.93. The SMILES string of the molecule is Cc1ccnc(N2[C@H](C(=O)N(c3cccc(F)c3)C(C(=O)NC3CC(F)(F)C3)c3ccccc3Cl)CN(C)S2(=O)=O)c1. The number of carbonyl (C=O) groups excluding carboxylic acids is 2. The first-order valence-electron chi connectivity index (χ1n) is 13.0. The Hall–Kier alpha value is -3.68. The number of halogens is 4. The molecule has 0 bridgehead atoms. The predicted molar refractivity (Wildman–Crippen MR) is 151 cm³/mol. The minimum absolute atomic E-state index is 0.0210. The molecule has 9 nitrogen and oxygen atoms in total. The van der Waals surface area contributed by atoms with Crippen molar-refractivity contribution in [1.82, 2.24) is 14.6 Å². The Morgan fingerprint density at radius 2 is 1.83 bits per heavy atom. The maximum absolute atomic E-state index is 14.6. The van der Waals surface area contributed by atoms with E-state index in [1.54, 1.807) is 25.1 Å². The maximum atomic E-state index is 14.6. The zero-order chi connectivity index (χ0) is 30.4. The van der Waals surface area contributed by atoms with Crippen molar-refractivity contribution in [2.24, 2.45) is 0 Å². The summed E-state index contributed by atoms with van der Waals surface area (Å²) in [5.41, 5.74) is 0.751. The fourth-order valence-electron chi connectivity index (χ4n) is 5.15. The monoisotopic (exact) mass is 621 g/mol. The zero-order valence-corrected chi connectivity index (χ0v) is 24.1. The van der Waals surface area contributed by atoms with E-state index in [1.807, 2.05) is 0 Å². The van der Waals surface area contributed by atoms with E-state index in [9.17, 15) is 31.2 Å². The van der Waals surface area contributed by atoms with Crippen molar-refractivity contribution in [3.63, 3.8) is 0 Å². The zero-order valence-electron chi connectivity index (χ0n) is 22.5. The summed E-state index contributed by atoms with van der Waals surface area (Å²) in [5.74, 6) is -5.39. The lowest BCUT2D eigenvalue weighted by molar-refractivity contribution is -0.133. The lowest BCUT2D eigenvalue weighted by Crippen LogP contribution is -2.56. The maximum Gasteiger partial charge on any atom is 0.305 e. The van der Waals surface area contributed by atoms with Crippen LogP contribution < -0.4 is 14.5 Å². The molecule has 1 aromatic heterocycles. The molecular formula is C28H27ClF3N5O4S. The molecule has 42 heavy (non-hydrogen) atoms. The van der Waals surface area contributed by atoms with Crippen LogP contribution in [0, 0.1) is 12.7 Å². The highest BCUT2D eigenvalue weighted by Gasteiger charge is 2.51. The predicted octanol–water partition coefficient (Wildman–Crippen LogP) is 4.24. The molecule has 3 aromatic rings. The van der Waals surface area contributed by atoms with Crippen LogP contribution in [0.3, 0.4) is 0 Å². The minimum atomic E-state index is -4.23. The number of aromatic nitrogens is 1. The molecule has 2 aromatic carbocycles. The van der Waals surface area contributed by atoms with Crippen molar-refractivity contribution in [3.8, 4) is 0 Å². The quantitative estimate of drug-likeness (QED) is 0.425. The Labute approximate surface area is 246 Å². The van der Waals surface area contributed by atoms with Crippen LogP contribution in [0.4, 0.5) is 24.7 Å². The van der Waals surface area contributed by atoms with Crippen molar-refractivity contribution < 1.29 is 31.2 Å². The van der Waals surface area contributed by atoms with Gasteiger partial charge in [-0.1, -0.05) is 35.9 Å². The van der Waals surface area contributed by atoms with Crippen LogP contribution in [0.25, 0.3) is 0 Å². The first-order chi connectivity index (χ1) is 19.8. The molecule has 1 aliphatic heterocycles. The Morgan fingerprint density at radius 3 is 2.48 bits per heavy atom. The lowest BCUT2D eigenvalue weighted by Gasteiger charge is -2.39. The van der Waals surface area contributed by atoms with Gasteiger partial charge < -0.3 is 5.32 Å². The van der Waals surface area contributed by atoms with Crippen molar-refractivity contribution in [3.05, 3.63) is 88.8 Å². The molecule has 2 amide bonds. The van der Waals surface area contributed by atoms with E-state index in [4.69, 9.17) is 11.6 Å². The van der Waals surface area contributed by atoms with Gasteiger partial charge in [-0.2, -0.15) is 12.7 Å². The third kappa shape index (κ3) is 5.68. The van der Waals surface area contributed by atoms with Crippen molar-refractivity contribution in [2.75, 3.05) is 22.8 Å². The number of amides is 2. The summed E-state index contributed by atoms with van der Waals surface area (Å²) in [6.07, 6.45) is 0.236. The van der Waals surface area contributed by atoms with Gasteiger partial charge >= 0.3 is 10.2 Å². The smallest absolute Gasteiger partial charge is 0.305 e. The van der Waals surface area contributed by atoms with Crippen molar-refractivity contribution >= 4 is 45.1 Å². The molecular weight excluding hydrogens is 595 g/mol. The summed E-state index contributed by atoms with van der Waals surface area (Å²) in [4.78, 5) is 33.6. The molecule has 2 aliphatic rings. The van der Waals surface area contributed by atoms with E-state index in [-0.39, 0.29) is 28.6 Å². The topological polar surface area (TPSA) is 103 Å². The number of hydrogen-bond acceptors (Lipinski definition) is 5. The number of aryl methyl sites for hydroxylation is 1. The largest absolute Gasteiger partial charge is 0.351 e. The van der Waals surface area contributed by atoms with Gasteiger partial charge in [-0.15, -0.1) is 0 Å². The summed E-state index contributed by atoms with van der Waals surface area (Å²) in [6.45, 7) is 1.42. The van der Waals surface area contributed by atoms with Crippen LogP contribution in [0.1, 0.15) is 30.0 Å². The van der Waals surface area contributed by atoms with Crippen molar-refractivity contribution in [1.29, 1.82) is 0 Å². The molecule has 14 heteroatoms. The first kappa shape index (κ1) is 29.8. The van der Waals surface area contributed by atoms with Crippen LogP contribution >= 0.6 is 11.6 Å². The highest BCUT2D eigenvalue weighted by atomic mass is 35.5. The average Bonchev–Trinajstić information content (AvgIpc) is 3.14. The summed E-state index contributed by atoms with van der Waals surface area (Å²) in [5, 5.41) is 2.65. The van der Waals surface area contributed by atoms with E-state index in [1.165, 1.54) is 43.6 Å². The number of benzene rings is 2. The second-order valence-corrected chi connectivity index (χ2v) is 12.7. The van der Waals surface area contributed by atoms with Gasteiger partial charge in [0.25, 0.3) is 11.8 Å². The number of carbonyl (C=O) groups is 2. The van der Waals surface area contributed by atoms with E-state index in [2.05, 4.69) is 10.3 Å². The van der Waals surface area contributed by atoms with Gasteiger partial charge in [0.15, 0.2) is 0 Å². The van der Waals surface area contributed by atoms with Gasteiger partial charge in [0.05, 0.1) is 0 Å². The summed E-state index contributed by atoms with van der Waals surface area (Å²) in [6, 6.07) is 10.3. The Kier molecular flexibility index (Phi) is 7.94. The summed E-state index contributed by atoms with van der Waals surface area (Å²) < 4.78 is 70.5. The third-order valence-corrected chi connectivity index (χ3v) is 9.45. The fraction of sp³-hybridized carbons (Fsp3) is 0.321. The van der Waals surface area contributed by atoms with Crippen LogP contribution in [-0.2, 0) is 19.8 Å². The highest BCUT2D eigenvalue weighted by molar-refractivity contribution is 7.90. The van der Waals surface area contributed by atoms with Crippen LogP contribution in [-0.4, -0.2) is 61.1 Å². The molecule has 2 atom stereocenters. The van der Waals surface area contributed by atoms with Gasteiger partial charge in [0, 0.05) is 54.9 Å².